The Kier molecular flexibility index (Phi) is 4.94. The van der Waals surface area contributed by atoms with E-state index in [1.807, 2.05) is 27.5 Å². The fourth-order valence-electron chi connectivity index (χ4n) is 3.13. The lowest BCUT2D eigenvalue weighted by Crippen LogP contribution is -2.42. The van der Waals surface area contributed by atoms with Gasteiger partial charge < -0.3 is 9.80 Å². The standard InChI is InChI=1S/C16H24N4O2S/c1-12(2)9-19-11-14(8-17-19)20-10-13(7-15(20)21)16(22)18-3-5-23-6-4-18/h8,11-13H,3-7,9-10H2,1-2H3/t13-/m0/s1. The molecule has 0 radical (unpaired) electrons. The molecule has 2 saturated heterocycles. The molecular formula is C16H24N4O2S. The molecule has 3 heterocycles. The van der Waals surface area contributed by atoms with Gasteiger partial charge in [-0.3, -0.25) is 14.3 Å². The van der Waals surface area contributed by atoms with Crippen molar-refractivity contribution in [1.29, 1.82) is 0 Å². The number of hydrogen-bond donors (Lipinski definition) is 0. The third-order valence-electron chi connectivity index (χ3n) is 4.28. The van der Waals surface area contributed by atoms with Gasteiger partial charge in [-0.05, 0) is 5.92 Å². The summed E-state index contributed by atoms with van der Waals surface area (Å²) in [6, 6.07) is 0. The zero-order valence-corrected chi connectivity index (χ0v) is 14.6. The second-order valence-corrected chi connectivity index (χ2v) is 7.88. The summed E-state index contributed by atoms with van der Waals surface area (Å²) >= 11 is 1.88. The van der Waals surface area contributed by atoms with Crippen molar-refractivity contribution in [2.24, 2.45) is 11.8 Å². The predicted molar refractivity (Wildman–Crippen MR) is 91.4 cm³/mol. The lowest BCUT2D eigenvalue weighted by molar-refractivity contribution is -0.135. The molecule has 2 aliphatic heterocycles. The van der Waals surface area contributed by atoms with E-state index in [4.69, 9.17) is 0 Å². The molecule has 0 aromatic carbocycles. The lowest BCUT2D eigenvalue weighted by Gasteiger charge is -2.28. The van der Waals surface area contributed by atoms with Crippen LogP contribution in [0.2, 0.25) is 0 Å². The van der Waals surface area contributed by atoms with Crippen molar-refractivity contribution in [1.82, 2.24) is 14.7 Å². The summed E-state index contributed by atoms with van der Waals surface area (Å²) in [6.45, 7) is 7.19. The minimum absolute atomic E-state index is 0.0267. The quantitative estimate of drug-likeness (QED) is 0.835. The first-order chi connectivity index (χ1) is 11.0. The van der Waals surface area contributed by atoms with Gasteiger partial charge in [-0.1, -0.05) is 13.8 Å². The molecular weight excluding hydrogens is 312 g/mol. The molecule has 126 valence electrons. The molecule has 2 fully saturated rings. The van der Waals surface area contributed by atoms with Crippen LogP contribution in [-0.4, -0.2) is 57.6 Å². The Morgan fingerprint density at radius 2 is 2.13 bits per heavy atom. The summed E-state index contributed by atoms with van der Waals surface area (Å²) in [5, 5.41) is 4.32. The Balaban J connectivity index is 1.65. The smallest absolute Gasteiger partial charge is 0.228 e. The van der Waals surface area contributed by atoms with Crippen LogP contribution in [0, 0.1) is 11.8 Å². The summed E-state index contributed by atoms with van der Waals surface area (Å²) in [5.41, 5.74) is 0.806. The third kappa shape index (κ3) is 3.71. The van der Waals surface area contributed by atoms with E-state index in [0.717, 1.165) is 36.8 Å². The number of nitrogens with zero attached hydrogens (tertiary/aromatic N) is 4. The zero-order valence-electron chi connectivity index (χ0n) is 13.8. The Hall–Kier alpha value is -1.50. The molecule has 0 bridgehead atoms. The number of carbonyl (C=O) groups excluding carboxylic acids is 2. The fraction of sp³-hybridized carbons (Fsp3) is 0.688. The minimum Gasteiger partial charge on any atom is -0.341 e. The van der Waals surface area contributed by atoms with Crippen LogP contribution in [0.3, 0.4) is 0 Å². The van der Waals surface area contributed by atoms with Gasteiger partial charge in [0.15, 0.2) is 0 Å². The zero-order chi connectivity index (χ0) is 16.4. The Morgan fingerprint density at radius 1 is 1.39 bits per heavy atom. The average molecular weight is 336 g/mol. The second-order valence-electron chi connectivity index (χ2n) is 6.66. The average Bonchev–Trinajstić information content (AvgIpc) is 3.13. The highest BCUT2D eigenvalue weighted by Gasteiger charge is 2.37. The summed E-state index contributed by atoms with van der Waals surface area (Å²) in [5.74, 6) is 2.45. The van der Waals surface area contributed by atoms with Crippen molar-refractivity contribution in [2.45, 2.75) is 26.8 Å². The lowest BCUT2D eigenvalue weighted by atomic mass is 10.1. The van der Waals surface area contributed by atoms with Crippen molar-refractivity contribution >= 4 is 29.3 Å². The molecule has 0 unspecified atom stereocenters. The molecule has 23 heavy (non-hydrogen) atoms. The fourth-order valence-corrected chi connectivity index (χ4v) is 4.03. The Morgan fingerprint density at radius 3 is 2.83 bits per heavy atom. The number of aromatic nitrogens is 2. The molecule has 6 nitrogen and oxygen atoms in total. The van der Waals surface area contributed by atoms with Crippen molar-refractivity contribution in [2.75, 3.05) is 36.0 Å². The van der Waals surface area contributed by atoms with Crippen LogP contribution in [0.15, 0.2) is 12.4 Å². The number of rotatable bonds is 4. The first-order valence-electron chi connectivity index (χ1n) is 8.24. The third-order valence-corrected chi connectivity index (χ3v) is 5.22. The van der Waals surface area contributed by atoms with Crippen LogP contribution in [0.5, 0.6) is 0 Å². The van der Waals surface area contributed by atoms with Crippen LogP contribution in [0.1, 0.15) is 20.3 Å². The van der Waals surface area contributed by atoms with Gasteiger partial charge >= 0.3 is 0 Å². The molecule has 1 aromatic heterocycles. The van der Waals surface area contributed by atoms with E-state index in [1.54, 1.807) is 11.1 Å². The summed E-state index contributed by atoms with van der Waals surface area (Å²) in [7, 11) is 0. The van der Waals surface area contributed by atoms with Crippen LogP contribution >= 0.6 is 11.8 Å². The largest absolute Gasteiger partial charge is 0.341 e. The van der Waals surface area contributed by atoms with E-state index < -0.39 is 0 Å². The Bertz CT molecular complexity index is 580. The van der Waals surface area contributed by atoms with Gasteiger partial charge in [-0.25, -0.2) is 0 Å². The Labute approximate surface area is 141 Å². The maximum Gasteiger partial charge on any atom is 0.228 e. The van der Waals surface area contributed by atoms with E-state index in [-0.39, 0.29) is 17.7 Å². The summed E-state index contributed by atoms with van der Waals surface area (Å²) in [4.78, 5) is 28.5. The van der Waals surface area contributed by atoms with E-state index in [2.05, 4.69) is 18.9 Å². The number of amides is 2. The number of anilines is 1. The van der Waals surface area contributed by atoms with E-state index in [1.165, 1.54) is 0 Å². The highest BCUT2D eigenvalue weighted by Crippen LogP contribution is 2.27. The topological polar surface area (TPSA) is 58.4 Å². The minimum atomic E-state index is -0.209. The van der Waals surface area contributed by atoms with Gasteiger partial charge in [-0.2, -0.15) is 16.9 Å². The first kappa shape index (κ1) is 16.4. The molecule has 0 saturated carbocycles. The molecule has 1 aromatic rings. The molecule has 0 N–H and O–H groups in total. The van der Waals surface area contributed by atoms with Gasteiger partial charge in [0.05, 0.1) is 17.8 Å². The second kappa shape index (κ2) is 6.95. The molecule has 7 heteroatoms. The molecule has 2 amide bonds. The maximum absolute atomic E-state index is 12.6. The molecule has 2 aliphatic rings. The molecule has 0 spiro atoms. The van der Waals surface area contributed by atoms with Crippen molar-refractivity contribution < 1.29 is 9.59 Å². The first-order valence-corrected chi connectivity index (χ1v) is 9.39. The van der Waals surface area contributed by atoms with Crippen molar-refractivity contribution in [3.05, 3.63) is 12.4 Å². The van der Waals surface area contributed by atoms with Gasteiger partial charge in [0.1, 0.15) is 0 Å². The van der Waals surface area contributed by atoms with Crippen molar-refractivity contribution in [3.8, 4) is 0 Å². The van der Waals surface area contributed by atoms with Crippen LogP contribution < -0.4 is 4.90 Å². The van der Waals surface area contributed by atoms with Gasteiger partial charge in [0.2, 0.25) is 11.8 Å². The maximum atomic E-state index is 12.6. The van der Waals surface area contributed by atoms with Crippen LogP contribution in [-0.2, 0) is 16.1 Å². The highest BCUT2D eigenvalue weighted by molar-refractivity contribution is 7.99. The normalized spacial score (nSPS) is 22.2. The van der Waals surface area contributed by atoms with Gasteiger partial charge in [-0.15, -0.1) is 0 Å². The molecule has 0 aliphatic carbocycles. The summed E-state index contributed by atoms with van der Waals surface area (Å²) < 4.78 is 1.87. The van der Waals surface area contributed by atoms with Crippen LogP contribution in [0.25, 0.3) is 0 Å². The van der Waals surface area contributed by atoms with Crippen molar-refractivity contribution in [3.63, 3.8) is 0 Å². The number of carbonyl (C=O) groups is 2. The van der Waals surface area contributed by atoms with E-state index in [0.29, 0.717) is 18.9 Å². The predicted octanol–water partition coefficient (Wildman–Crippen LogP) is 1.47. The van der Waals surface area contributed by atoms with E-state index >= 15 is 0 Å². The van der Waals surface area contributed by atoms with Gasteiger partial charge in [0, 0.05) is 50.3 Å². The molecule has 3 rings (SSSR count). The van der Waals surface area contributed by atoms with Gasteiger partial charge in [0.25, 0.3) is 0 Å². The summed E-state index contributed by atoms with van der Waals surface area (Å²) in [6.07, 6.45) is 3.95. The monoisotopic (exact) mass is 336 g/mol. The highest BCUT2D eigenvalue weighted by atomic mass is 32.2. The van der Waals surface area contributed by atoms with Crippen LogP contribution in [0.4, 0.5) is 5.69 Å². The SMILES string of the molecule is CC(C)Cn1cc(N2C[C@@H](C(=O)N3CCSCC3)CC2=O)cn1. The molecule has 1 atom stereocenters. The number of hydrogen-bond acceptors (Lipinski definition) is 4. The van der Waals surface area contributed by atoms with E-state index in [9.17, 15) is 9.59 Å². The number of thioether (sulfide) groups is 1.